The fourth-order valence-electron chi connectivity index (χ4n) is 2.20. The van der Waals surface area contributed by atoms with E-state index in [0.717, 1.165) is 21.3 Å². The minimum absolute atomic E-state index is 0.121. The van der Waals surface area contributed by atoms with Gasteiger partial charge in [0.25, 0.3) is 5.22 Å². The van der Waals surface area contributed by atoms with Gasteiger partial charge in [0.15, 0.2) is 0 Å². The molecule has 134 valence electrons. The average Bonchev–Trinajstić information content (AvgIpc) is 3.14. The van der Waals surface area contributed by atoms with Crippen LogP contribution in [0.2, 0.25) is 0 Å². The number of hydrogen-bond donors (Lipinski definition) is 1. The Hall–Kier alpha value is -2.32. The molecule has 0 spiro atoms. The molecule has 8 heteroatoms. The second-order valence-electron chi connectivity index (χ2n) is 5.26. The molecule has 26 heavy (non-hydrogen) atoms. The number of thioether (sulfide) groups is 1. The van der Waals surface area contributed by atoms with Crippen LogP contribution in [0.5, 0.6) is 5.75 Å². The van der Waals surface area contributed by atoms with Crippen molar-refractivity contribution >= 4 is 33.6 Å². The molecule has 3 aromatic rings. The predicted octanol–water partition coefficient (Wildman–Crippen LogP) is 3.92. The Morgan fingerprint density at radius 3 is 2.73 bits per heavy atom. The molecule has 1 N–H and O–H groups in total. The highest BCUT2D eigenvalue weighted by Crippen LogP contribution is 2.24. The van der Waals surface area contributed by atoms with Gasteiger partial charge >= 0.3 is 0 Å². The van der Waals surface area contributed by atoms with E-state index >= 15 is 0 Å². The predicted molar refractivity (Wildman–Crippen MR) is 103 cm³/mol. The van der Waals surface area contributed by atoms with E-state index in [1.807, 2.05) is 48.5 Å². The van der Waals surface area contributed by atoms with Crippen molar-refractivity contribution < 1.29 is 13.9 Å². The number of carbonyl (C=O) groups excluding carboxylic acids is 1. The topological polar surface area (TPSA) is 77.2 Å². The molecular formula is C18H16BrN3O3S. The SMILES string of the molecule is COc1ccccc1CNC(=O)CSc1nnc(-c2ccc(Br)cc2)o1. The summed E-state index contributed by atoms with van der Waals surface area (Å²) in [6.45, 7) is 0.400. The molecule has 1 aromatic heterocycles. The molecule has 0 saturated heterocycles. The van der Waals surface area contributed by atoms with Crippen molar-refractivity contribution in [2.45, 2.75) is 11.8 Å². The van der Waals surface area contributed by atoms with Crippen LogP contribution in [0.15, 0.2) is 62.6 Å². The zero-order valence-corrected chi connectivity index (χ0v) is 16.3. The number of para-hydroxylation sites is 1. The van der Waals surface area contributed by atoms with Crippen LogP contribution >= 0.6 is 27.7 Å². The fraction of sp³-hybridized carbons (Fsp3) is 0.167. The molecule has 0 atom stereocenters. The molecule has 0 aliphatic heterocycles. The normalized spacial score (nSPS) is 10.5. The van der Waals surface area contributed by atoms with Crippen molar-refractivity contribution in [1.82, 2.24) is 15.5 Å². The second-order valence-corrected chi connectivity index (χ2v) is 7.10. The molecule has 3 rings (SSSR count). The highest BCUT2D eigenvalue weighted by molar-refractivity contribution is 9.10. The molecule has 6 nitrogen and oxygen atoms in total. The van der Waals surface area contributed by atoms with E-state index in [-0.39, 0.29) is 11.7 Å². The summed E-state index contributed by atoms with van der Waals surface area (Å²) < 4.78 is 11.8. The molecule has 0 unspecified atom stereocenters. The standard InChI is InChI=1S/C18H16BrN3O3S/c1-24-15-5-3-2-4-13(15)10-20-16(23)11-26-18-22-21-17(25-18)12-6-8-14(19)9-7-12/h2-9H,10-11H2,1H3,(H,20,23). The number of halogens is 1. The van der Waals surface area contributed by atoms with Crippen LogP contribution in [0.3, 0.4) is 0 Å². The quantitative estimate of drug-likeness (QED) is 0.569. The summed E-state index contributed by atoms with van der Waals surface area (Å²) in [6.07, 6.45) is 0. The summed E-state index contributed by atoms with van der Waals surface area (Å²) in [7, 11) is 1.61. The van der Waals surface area contributed by atoms with E-state index < -0.39 is 0 Å². The second kappa shape index (κ2) is 8.86. The third-order valence-corrected chi connectivity index (χ3v) is 4.84. The zero-order chi connectivity index (χ0) is 18.4. The van der Waals surface area contributed by atoms with Gasteiger partial charge in [-0.15, -0.1) is 10.2 Å². The van der Waals surface area contributed by atoms with Crippen molar-refractivity contribution in [3.05, 3.63) is 58.6 Å². The lowest BCUT2D eigenvalue weighted by Crippen LogP contribution is -2.24. The van der Waals surface area contributed by atoms with Gasteiger partial charge in [0.2, 0.25) is 11.8 Å². The molecule has 0 saturated carbocycles. The van der Waals surface area contributed by atoms with Gasteiger partial charge in [0.05, 0.1) is 12.9 Å². The number of aromatic nitrogens is 2. The Morgan fingerprint density at radius 1 is 1.19 bits per heavy atom. The monoisotopic (exact) mass is 433 g/mol. The van der Waals surface area contributed by atoms with E-state index in [0.29, 0.717) is 17.7 Å². The molecule has 1 amide bonds. The van der Waals surface area contributed by atoms with E-state index in [4.69, 9.17) is 9.15 Å². The lowest BCUT2D eigenvalue weighted by atomic mass is 10.2. The highest BCUT2D eigenvalue weighted by atomic mass is 79.9. The largest absolute Gasteiger partial charge is 0.496 e. The minimum atomic E-state index is -0.121. The van der Waals surface area contributed by atoms with Crippen LogP contribution in [0.1, 0.15) is 5.56 Å². The number of rotatable bonds is 7. The van der Waals surface area contributed by atoms with Crippen LogP contribution in [0.25, 0.3) is 11.5 Å². The van der Waals surface area contributed by atoms with E-state index in [9.17, 15) is 4.79 Å². The van der Waals surface area contributed by atoms with Crippen LogP contribution in [-0.4, -0.2) is 29.0 Å². The summed E-state index contributed by atoms with van der Waals surface area (Å²) >= 11 is 4.58. The number of carbonyl (C=O) groups is 1. The summed E-state index contributed by atoms with van der Waals surface area (Å²) in [5.41, 5.74) is 1.75. The third kappa shape index (κ3) is 4.86. The Morgan fingerprint density at radius 2 is 1.96 bits per heavy atom. The average molecular weight is 434 g/mol. The maximum atomic E-state index is 12.0. The summed E-state index contributed by atoms with van der Waals surface area (Å²) in [4.78, 5) is 12.0. The zero-order valence-electron chi connectivity index (χ0n) is 13.9. The van der Waals surface area contributed by atoms with Gasteiger partial charge in [-0.3, -0.25) is 4.79 Å². The minimum Gasteiger partial charge on any atom is -0.496 e. The van der Waals surface area contributed by atoms with Gasteiger partial charge in [-0.1, -0.05) is 45.9 Å². The number of nitrogens with one attached hydrogen (secondary N) is 1. The van der Waals surface area contributed by atoms with Crippen molar-refractivity contribution in [3.63, 3.8) is 0 Å². The number of benzene rings is 2. The molecule has 0 radical (unpaired) electrons. The van der Waals surface area contributed by atoms with Crippen LogP contribution < -0.4 is 10.1 Å². The first-order valence-corrected chi connectivity index (χ1v) is 9.54. The van der Waals surface area contributed by atoms with Gasteiger partial charge in [-0.2, -0.15) is 0 Å². The highest BCUT2D eigenvalue weighted by Gasteiger charge is 2.11. The third-order valence-electron chi connectivity index (χ3n) is 3.49. The number of nitrogens with zero attached hydrogens (tertiary/aromatic N) is 2. The van der Waals surface area contributed by atoms with Crippen LogP contribution in [0, 0.1) is 0 Å². The Labute approximate surface area is 163 Å². The lowest BCUT2D eigenvalue weighted by molar-refractivity contribution is -0.118. The Balaban J connectivity index is 1.51. The number of amides is 1. The Kier molecular flexibility index (Phi) is 6.30. The summed E-state index contributed by atoms with van der Waals surface area (Å²) in [5, 5.41) is 11.2. The maximum absolute atomic E-state index is 12.0. The summed E-state index contributed by atoms with van der Waals surface area (Å²) in [6, 6.07) is 15.1. The van der Waals surface area contributed by atoms with Gasteiger partial charge < -0.3 is 14.5 Å². The molecular weight excluding hydrogens is 418 g/mol. The Bertz CT molecular complexity index is 883. The van der Waals surface area contributed by atoms with Crippen LogP contribution in [0.4, 0.5) is 0 Å². The van der Waals surface area contributed by atoms with Crippen molar-refractivity contribution in [3.8, 4) is 17.2 Å². The molecule has 0 bridgehead atoms. The fourth-order valence-corrected chi connectivity index (χ4v) is 3.06. The van der Waals surface area contributed by atoms with Gasteiger partial charge in [0.1, 0.15) is 5.75 Å². The molecule has 2 aromatic carbocycles. The van der Waals surface area contributed by atoms with E-state index in [2.05, 4.69) is 31.4 Å². The summed E-state index contributed by atoms with van der Waals surface area (Å²) in [5.74, 6) is 1.24. The molecule has 0 aliphatic carbocycles. The number of ether oxygens (including phenoxy) is 1. The van der Waals surface area contributed by atoms with Crippen molar-refractivity contribution in [2.24, 2.45) is 0 Å². The molecule has 1 heterocycles. The first-order valence-electron chi connectivity index (χ1n) is 7.76. The van der Waals surface area contributed by atoms with Crippen molar-refractivity contribution in [2.75, 3.05) is 12.9 Å². The van der Waals surface area contributed by atoms with E-state index in [1.165, 1.54) is 11.8 Å². The molecule has 0 fully saturated rings. The van der Waals surface area contributed by atoms with Gasteiger partial charge in [0, 0.05) is 22.1 Å². The van der Waals surface area contributed by atoms with Gasteiger partial charge in [-0.25, -0.2) is 0 Å². The number of hydrogen-bond acceptors (Lipinski definition) is 6. The smallest absolute Gasteiger partial charge is 0.277 e. The van der Waals surface area contributed by atoms with E-state index in [1.54, 1.807) is 7.11 Å². The lowest BCUT2D eigenvalue weighted by Gasteiger charge is -2.08. The first-order chi connectivity index (χ1) is 12.7. The van der Waals surface area contributed by atoms with Crippen LogP contribution in [-0.2, 0) is 11.3 Å². The molecule has 0 aliphatic rings. The number of methoxy groups -OCH3 is 1. The maximum Gasteiger partial charge on any atom is 0.277 e. The van der Waals surface area contributed by atoms with Gasteiger partial charge in [-0.05, 0) is 30.3 Å². The first kappa shape index (κ1) is 18.5. The van der Waals surface area contributed by atoms with Crippen molar-refractivity contribution in [1.29, 1.82) is 0 Å².